The van der Waals surface area contributed by atoms with E-state index >= 15 is 0 Å². The maximum atomic E-state index is 13.3. The van der Waals surface area contributed by atoms with Gasteiger partial charge >= 0.3 is 12.1 Å². The molecule has 1 aliphatic rings. The van der Waals surface area contributed by atoms with Crippen molar-refractivity contribution >= 4 is 46.6 Å². The molecule has 3 aromatic carbocycles. The molecule has 1 atom stereocenters. The lowest BCUT2D eigenvalue weighted by molar-refractivity contribution is -0.139. The number of carbonyl (C=O) groups is 2. The molecule has 210 valence electrons. The van der Waals surface area contributed by atoms with Crippen LogP contribution in [0.1, 0.15) is 29.5 Å². The summed E-state index contributed by atoms with van der Waals surface area (Å²) in [6, 6.07) is 22.2. The molecule has 0 bridgehead atoms. The van der Waals surface area contributed by atoms with Gasteiger partial charge in [-0.25, -0.2) is 4.79 Å². The Morgan fingerprint density at radius 2 is 1.78 bits per heavy atom. The molecule has 1 aliphatic heterocycles. The Kier molecular flexibility index (Phi) is 9.42. The van der Waals surface area contributed by atoms with Crippen LogP contribution in [0.25, 0.3) is 5.70 Å². The predicted octanol–water partition coefficient (Wildman–Crippen LogP) is 7.13. The molecule has 0 aromatic heterocycles. The largest absolute Gasteiger partial charge is 0.463 e. The molecule has 0 unspecified atom stereocenters. The van der Waals surface area contributed by atoms with Gasteiger partial charge in [-0.1, -0.05) is 71.9 Å². The van der Waals surface area contributed by atoms with Gasteiger partial charge in [0.05, 0.1) is 51.8 Å². The van der Waals surface area contributed by atoms with Crippen LogP contribution >= 0.6 is 23.4 Å². The number of nitrogens with zero attached hydrogens (tertiary/aromatic N) is 1. The third-order valence-electron chi connectivity index (χ3n) is 6.03. The number of nitriles is 1. The van der Waals surface area contributed by atoms with E-state index in [4.69, 9.17) is 16.3 Å². The van der Waals surface area contributed by atoms with Gasteiger partial charge in [-0.05, 0) is 48.4 Å². The van der Waals surface area contributed by atoms with Gasteiger partial charge in [-0.3, -0.25) is 4.79 Å². The Balaban J connectivity index is 1.71. The fourth-order valence-electron chi connectivity index (χ4n) is 4.26. The number of halogens is 4. The highest BCUT2D eigenvalue weighted by Gasteiger charge is 2.37. The molecule has 0 saturated carbocycles. The van der Waals surface area contributed by atoms with Gasteiger partial charge in [-0.2, -0.15) is 18.4 Å². The van der Waals surface area contributed by atoms with Crippen LogP contribution in [0.15, 0.2) is 95.0 Å². The van der Waals surface area contributed by atoms with E-state index in [2.05, 4.69) is 16.7 Å². The van der Waals surface area contributed by atoms with Crippen molar-refractivity contribution in [2.75, 3.05) is 17.7 Å². The van der Waals surface area contributed by atoms with Crippen molar-refractivity contribution in [2.45, 2.75) is 19.0 Å². The Bertz CT molecular complexity index is 1550. The first-order valence-electron chi connectivity index (χ1n) is 12.4. The Hall–Kier alpha value is -4.20. The highest BCUT2D eigenvalue weighted by atomic mass is 35.5. The lowest BCUT2D eigenvalue weighted by atomic mass is 9.81. The second-order valence-corrected chi connectivity index (χ2v) is 10.2. The molecule has 1 heterocycles. The maximum Gasteiger partial charge on any atom is 0.416 e. The van der Waals surface area contributed by atoms with E-state index in [1.165, 1.54) is 12.1 Å². The average Bonchev–Trinajstić information content (AvgIpc) is 2.96. The molecule has 1 amide bonds. The highest BCUT2D eigenvalue weighted by Crippen LogP contribution is 2.43. The third kappa shape index (κ3) is 7.12. The molecule has 41 heavy (non-hydrogen) atoms. The smallest absolute Gasteiger partial charge is 0.416 e. The summed E-state index contributed by atoms with van der Waals surface area (Å²) in [6.45, 7) is 1.79. The minimum absolute atomic E-state index is 0.00924. The fourth-order valence-corrected chi connectivity index (χ4v) is 5.22. The van der Waals surface area contributed by atoms with Crippen molar-refractivity contribution in [3.63, 3.8) is 0 Å². The average molecular weight is 598 g/mol. The van der Waals surface area contributed by atoms with Gasteiger partial charge < -0.3 is 15.4 Å². The van der Waals surface area contributed by atoms with Crippen molar-refractivity contribution < 1.29 is 27.5 Å². The van der Waals surface area contributed by atoms with Crippen LogP contribution in [0.4, 0.5) is 18.9 Å². The highest BCUT2D eigenvalue weighted by molar-refractivity contribution is 8.03. The maximum absolute atomic E-state index is 13.3. The Labute approximate surface area is 243 Å². The zero-order chi connectivity index (χ0) is 29.6. The number of nitrogens with one attached hydrogen (secondary N) is 2. The Morgan fingerprint density at radius 1 is 1.07 bits per heavy atom. The molecular weight excluding hydrogens is 575 g/mol. The van der Waals surface area contributed by atoms with E-state index in [0.717, 1.165) is 23.9 Å². The van der Waals surface area contributed by atoms with E-state index in [1.807, 2.05) is 6.07 Å². The summed E-state index contributed by atoms with van der Waals surface area (Å²) in [5.41, 5.74) is 1.16. The molecule has 0 saturated heterocycles. The monoisotopic (exact) mass is 597 g/mol. The standard InChI is InChI=1S/C30H23ClF3N3O3S/c1-2-40-29(39)26-25(18-11-13-21(31)14-12-18)23(16-35)28(37-27(26)19-7-4-3-5-8-19)41-17-24(38)36-22-10-6-9-20(15-22)30(32,33)34/h3-15,25,37H,2,17H2,1H3,(H,36,38)/t25-/m0/s1. The van der Waals surface area contributed by atoms with Gasteiger partial charge in [0.25, 0.3) is 0 Å². The van der Waals surface area contributed by atoms with Crippen molar-refractivity contribution in [3.05, 3.63) is 117 Å². The van der Waals surface area contributed by atoms with E-state index in [0.29, 0.717) is 26.9 Å². The number of carbonyl (C=O) groups excluding carboxylic acids is 2. The predicted molar refractivity (Wildman–Crippen MR) is 152 cm³/mol. The minimum Gasteiger partial charge on any atom is -0.463 e. The number of hydrogen-bond donors (Lipinski definition) is 2. The second-order valence-electron chi connectivity index (χ2n) is 8.75. The van der Waals surface area contributed by atoms with Crippen molar-refractivity contribution in [2.24, 2.45) is 0 Å². The van der Waals surface area contributed by atoms with Gasteiger partial charge in [0.15, 0.2) is 0 Å². The van der Waals surface area contributed by atoms with Crippen LogP contribution in [0, 0.1) is 11.3 Å². The molecular formula is C30H23ClF3N3O3S. The number of allylic oxidation sites excluding steroid dienone is 1. The molecule has 0 radical (unpaired) electrons. The van der Waals surface area contributed by atoms with Crippen LogP contribution in [0.3, 0.4) is 0 Å². The molecule has 3 aromatic rings. The van der Waals surface area contributed by atoms with Crippen molar-refractivity contribution in [1.29, 1.82) is 5.26 Å². The Morgan fingerprint density at radius 3 is 2.41 bits per heavy atom. The molecule has 0 fully saturated rings. The van der Waals surface area contributed by atoms with E-state index in [-0.39, 0.29) is 29.2 Å². The topological polar surface area (TPSA) is 91.2 Å². The van der Waals surface area contributed by atoms with E-state index in [9.17, 15) is 28.0 Å². The SMILES string of the molecule is CCOC(=O)C1=C(c2ccccc2)NC(SCC(=O)Nc2cccc(C(F)(F)F)c2)=C(C#N)[C@@H]1c1ccc(Cl)cc1. The van der Waals surface area contributed by atoms with Gasteiger partial charge in [0.2, 0.25) is 5.91 Å². The van der Waals surface area contributed by atoms with Gasteiger partial charge in [0.1, 0.15) is 0 Å². The van der Waals surface area contributed by atoms with Crippen LogP contribution in [-0.2, 0) is 20.5 Å². The first kappa shape index (κ1) is 29.8. The van der Waals surface area contributed by atoms with Crippen molar-refractivity contribution in [1.82, 2.24) is 5.32 Å². The molecule has 2 N–H and O–H groups in total. The molecule has 0 aliphatic carbocycles. The zero-order valence-electron chi connectivity index (χ0n) is 21.6. The third-order valence-corrected chi connectivity index (χ3v) is 7.30. The van der Waals surface area contributed by atoms with Gasteiger partial charge in [0, 0.05) is 10.7 Å². The summed E-state index contributed by atoms with van der Waals surface area (Å²) >= 11 is 7.10. The summed E-state index contributed by atoms with van der Waals surface area (Å²) in [4.78, 5) is 26.1. The second kappa shape index (κ2) is 13.0. The van der Waals surface area contributed by atoms with Crippen molar-refractivity contribution in [3.8, 4) is 6.07 Å². The summed E-state index contributed by atoms with van der Waals surface area (Å²) in [7, 11) is 0. The number of dihydropyridines is 1. The number of rotatable bonds is 8. The first-order chi connectivity index (χ1) is 19.6. The number of ether oxygens (including phenoxy) is 1. The van der Waals surface area contributed by atoms with Crippen LogP contribution in [0.5, 0.6) is 0 Å². The number of thioether (sulfide) groups is 1. The van der Waals surface area contributed by atoms with Crippen LogP contribution in [-0.4, -0.2) is 24.2 Å². The zero-order valence-corrected chi connectivity index (χ0v) is 23.2. The molecule has 6 nitrogen and oxygen atoms in total. The molecule has 11 heteroatoms. The number of benzene rings is 3. The number of alkyl halides is 3. The molecule has 0 spiro atoms. The summed E-state index contributed by atoms with van der Waals surface area (Å²) < 4.78 is 44.6. The first-order valence-corrected chi connectivity index (χ1v) is 13.7. The lowest BCUT2D eigenvalue weighted by Crippen LogP contribution is -2.29. The van der Waals surface area contributed by atoms with Crippen LogP contribution in [0.2, 0.25) is 5.02 Å². The quantitative estimate of drug-likeness (QED) is 0.269. The summed E-state index contributed by atoms with van der Waals surface area (Å²) in [6.07, 6.45) is -4.55. The van der Waals surface area contributed by atoms with E-state index < -0.39 is 29.5 Å². The number of amides is 1. The lowest BCUT2D eigenvalue weighted by Gasteiger charge is -2.30. The normalized spacial score (nSPS) is 15.2. The summed E-state index contributed by atoms with van der Waals surface area (Å²) in [5.74, 6) is -2.27. The van der Waals surface area contributed by atoms with Gasteiger partial charge in [-0.15, -0.1) is 0 Å². The van der Waals surface area contributed by atoms with Crippen LogP contribution < -0.4 is 10.6 Å². The summed E-state index contributed by atoms with van der Waals surface area (Å²) in [5, 5.41) is 16.7. The number of anilines is 1. The number of hydrogen-bond acceptors (Lipinski definition) is 6. The fraction of sp³-hybridized carbons (Fsp3) is 0.167. The van der Waals surface area contributed by atoms with E-state index in [1.54, 1.807) is 55.5 Å². The molecule has 4 rings (SSSR count). The minimum atomic E-state index is -4.55. The number of esters is 1.